The maximum Gasteiger partial charge on any atom is 0.132 e. The summed E-state index contributed by atoms with van der Waals surface area (Å²) < 4.78 is 5.39. The lowest BCUT2D eigenvalue weighted by Gasteiger charge is -2.17. The molecule has 0 aliphatic heterocycles. The van der Waals surface area contributed by atoms with Gasteiger partial charge in [0.2, 0.25) is 0 Å². The SMILES string of the molecule is COc1ccc(N=C(N)c2ccsc2)cc1CN(C)CCO. The molecule has 1 aromatic heterocycles. The molecule has 0 saturated heterocycles. The lowest BCUT2D eigenvalue weighted by atomic mass is 10.1. The molecule has 5 nitrogen and oxygen atoms in total. The van der Waals surface area contributed by atoms with Crippen molar-refractivity contribution < 1.29 is 9.84 Å². The van der Waals surface area contributed by atoms with Crippen molar-refractivity contribution in [1.82, 2.24) is 4.90 Å². The molecule has 6 heteroatoms. The summed E-state index contributed by atoms with van der Waals surface area (Å²) in [4.78, 5) is 6.49. The van der Waals surface area contributed by atoms with Crippen molar-refractivity contribution in [2.45, 2.75) is 6.54 Å². The summed E-state index contributed by atoms with van der Waals surface area (Å²) in [7, 11) is 3.60. The Balaban J connectivity index is 2.24. The number of thiophene rings is 1. The second-order valence-electron chi connectivity index (χ2n) is 4.97. The van der Waals surface area contributed by atoms with Gasteiger partial charge in [0.25, 0.3) is 0 Å². The van der Waals surface area contributed by atoms with Crippen LogP contribution in [0.3, 0.4) is 0 Å². The van der Waals surface area contributed by atoms with E-state index in [1.807, 2.05) is 47.0 Å². The number of methoxy groups -OCH3 is 1. The maximum absolute atomic E-state index is 9.01. The molecule has 0 amide bonds. The topological polar surface area (TPSA) is 71.1 Å². The van der Waals surface area contributed by atoms with Gasteiger partial charge in [-0.1, -0.05) is 0 Å². The molecule has 0 atom stereocenters. The molecular formula is C16H21N3O2S. The Labute approximate surface area is 134 Å². The molecule has 0 saturated carbocycles. The number of nitrogens with zero attached hydrogens (tertiary/aromatic N) is 2. The van der Waals surface area contributed by atoms with Crippen LogP contribution in [0.1, 0.15) is 11.1 Å². The molecule has 1 aromatic carbocycles. The average molecular weight is 319 g/mol. The monoisotopic (exact) mass is 319 g/mol. The third-order valence-corrected chi connectivity index (χ3v) is 3.94. The first-order valence-corrected chi connectivity index (χ1v) is 7.91. The molecule has 2 aromatic rings. The molecule has 0 radical (unpaired) electrons. The van der Waals surface area contributed by atoms with Crippen LogP contribution in [-0.2, 0) is 6.54 Å². The van der Waals surface area contributed by atoms with Crippen LogP contribution in [0.4, 0.5) is 5.69 Å². The highest BCUT2D eigenvalue weighted by molar-refractivity contribution is 7.08. The zero-order valence-electron chi connectivity index (χ0n) is 12.8. The smallest absolute Gasteiger partial charge is 0.132 e. The Morgan fingerprint density at radius 1 is 1.41 bits per heavy atom. The molecule has 0 bridgehead atoms. The van der Waals surface area contributed by atoms with E-state index in [1.165, 1.54) is 0 Å². The van der Waals surface area contributed by atoms with Gasteiger partial charge in [0.15, 0.2) is 0 Å². The quantitative estimate of drug-likeness (QED) is 0.606. The van der Waals surface area contributed by atoms with Crippen LogP contribution in [-0.4, -0.2) is 43.2 Å². The van der Waals surface area contributed by atoms with Crippen LogP contribution in [0.5, 0.6) is 5.75 Å². The highest BCUT2D eigenvalue weighted by Gasteiger charge is 2.08. The van der Waals surface area contributed by atoms with Crippen molar-refractivity contribution in [3.8, 4) is 5.75 Å². The number of aliphatic hydroxyl groups excluding tert-OH is 1. The van der Waals surface area contributed by atoms with Gasteiger partial charge in [-0.2, -0.15) is 11.3 Å². The summed E-state index contributed by atoms with van der Waals surface area (Å²) in [5, 5.41) is 13.0. The van der Waals surface area contributed by atoms with Gasteiger partial charge in [0, 0.05) is 29.6 Å². The predicted molar refractivity (Wildman–Crippen MR) is 91.1 cm³/mol. The molecule has 1 heterocycles. The molecule has 22 heavy (non-hydrogen) atoms. The van der Waals surface area contributed by atoms with Gasteiger partial charge in [-0.05, 0) is 36.7 Å². The Morgan fingerprint density at radius 2 is 2.23 bits per heavy atom. The molecule has 0 unspecified atom stereocenters. The third-order valence-electron chi connectivity index (χ3n) is 3.25. The Bertz CT molecular complexity index is 626. The second kappa shape index (κ2) is 7.93. The second-order valence-corrected chi connectivity index (χ2v) is 5.75. The molecule has 0 fully saturated rings. The minimum Gasteiger partial charge on any atom is -0.496 e. The normalized spacial score (nSPS) is 11.9. The van der Waals surface area contributed by atoms with Crippen molar-refractivity contribution in [3.63, 3.8) is 0 Å². The van der Waals surface area contributed by atoms with E-state index in [0.29, 0.717) is 18.9 Å². The van der Waals surface area contributed by atoms with Crippen LogP contribution >= 0.6 is 11.3 Å². The summed E-state index contributed by atoms with van der Waals surface area (Å²) in [6.45, 7) is 1.40. The standard InChI is InChI=1S/C16H21N3O2S/c1-19(6-7-20)10-13-9-14(3-4-15(13)21-2)18-16(17)12-5-8-22-11-12/h3-5,8-9,11,20H,6-7,10H2,1-2H3,(H2,17,18). The van der Waals surface area contributed by atoms with E-state index in [1.54, 1.807) is 18.4 Å². The fourth-order valence-corrected chi connectivity index (χ4v) is 2.76. The van der Waals surface area contributed by atoms with Crippen molar-refractivity contribution in [2.24, 2.45) is 10.7 Å². The summed E-state index contributed by atoms with van der Waals surface area (Å²) in [6.07, 6.45) is 0. The van der Waals surface area contributed by atoms with Crippen molar-refractivity contribution in [1.29, 1.82) is 0 Å². The van der Waals surface area contributed by atoms with E-state index >= 15 is 0 Å². The predicted octanol–water partition coefficient (Wildman–Crippen LogP) is 2.22. The number of likely N-dealkylation sites (N-methyl/N-ethyl adjacent to an activating group) is 1. The average Bonchev–Trinajstić information content (AvgIpc) is 3.02. The Hall–Kier alpha value is -1.89. The first-order valence-electron chi connectivity index (χ1n) is 6.97. The summed E-state index contributed by atoms with van der Waals surface area (Å²) >= 11 is 1.59. The van der Waals surface area contributed by atoms with E-state index in [2.05, 4.69) is 4.99 Å². The summed E-state index contributed by atoms with van der Waals surface area (Å²) in [5.74, 6) is 1.30. The van der Waals surface area contributed by atoms with Crippen LogP contribution < -0.4 is 10.5 Å². The number of aliphatic imine (C=N–C) groups is 1. The molecular weight excluding hydrogens is 298 g/mol. The van der Waals surface area contributed by atoms with Gasteiger partial charge in [0.05, 0.1) is 19.4 Å². The number of aliphatic hydroxyl groups is 1. The molecule has 0 spiro atoms. The van der Waals surface area contributed by atoms with E-state index in [4.69, 9.17) is 15.6 Å². The zero-order chi connectivity index (χ0) is 15.9. The first kappa shape index (κ1) is 16.5. The molecule has 2 rings (SSSR count). The first-order chi connectivity index (χ1) is 10.6. The zero-order valence-corrected chi connectivity index (χ0v) is 13.6. The van der Waals surface area contributed by atoms with Crippen LogP contribution in [0.2, 0.25) is 0 Å². The largest absolute Gasteiger partial charge is 0.496 e. The number of benzene rings is 1. The third kappa shape index (κ3) is 4.30. The summed E-state index contributed by atoms with van der Waals surface area (Å²) in [5.41, 5.74) is 8.75. The van der Waals surface area contributed by atoms with Gasteiger partial charge in [0.1, 0.15) is 11.6 Å². The maximum atomic E-state index is 9.01. The molecule has 3 N–H and O–H groups in total. The number of amidine groups is 1. The van der Waals surface area contributed by atoms with Gasteiger partial charge in [-0.25, -0.2) is 4.99 Å². The van der Waals surface area contributed by atoms with E-state index in [0.717, 1.165) is 22.6 Å². The van der Waals surface area contributed by atoms with Gasteiger partial charge >= 0.3 is 0 Å². The highest BCUT2D eigenvalue weighted by atomic mass is 32.1. The molecule has 118 valence electrons. The molecule has 0 aliphatic carbocycles. The lowest BCUT2D eigenvalue weighted by Crippen LogP contribution is -2.21. The fourth-order valence-electron chi connectivity index (χ4n) is 2.11. The van der Waals surface area contributed by atoms with Gasteiger partial charge in [-0.3, -0.25) is 4.90 Å². The van der Waals surface area contributed by atoms with E-state index in [9.17, 15) is 0 Å². The Morgan fingerprint density at radius 3 is 2.86 bits per heavy atom. The van der Waals surface area contributed by atoms with Crippen molar-refractivity contribution >= 4 is 22.9 Å². The number of rotatable bonds is 7. The van der Waals surface area contributed by atoms with Crippen molar-refractivity contribution in [3.05, 3.63) is 46.2 Å². The van der Waals surface area contributed by atoms with Gasteiger partial charge in [-0.15, -0.1) is 0 Å². The van der Waals surface area contributed by atoms with E-state index in [-0.39, 0.29) is 6.61 Å². The number of ether oxygens (including phenoxy) is 1. The fraction of sp³-hybridized carbons (Fsp3) is 0.312. The Kier molecular flexibility index (Phi) is 5.94. The van der Waals surface area contributed by atoms with Gasteiger partial charge < -0.3 is 15.6 Å². The lowest BCUT2D eigenvalue weighted by molar-refractivity contribution is 0.216. The van der Waals surface area contributed by atoms with Crippen LogP contribution in [0.15, 0.2) is 40.0 Å². The van der Waals surface area contributed by atoms with Crippen LogP contribution in [0, 0.1) is 0 Å². The number of nitrogens with two attached hydrogens (primary N) is 1. The number of hydrogen-bond donors (Lipinski definition) is 2. The van der Waals surface area contributed by atoms with Crippen molar-refractivity contribution in [2.75, 3.05) is 27.3 Å². The number of hydrogen-bond acceptors (Lipinski definition) is 5. The molecule has 0 aliphatic rings. The summed E-state index contributed by atoms with van der Waals surface area (Å²) in [6, 6.07) is 7.68. The minimum absolute atomic E-state index is 0.127. The minimum atomic E-state index is 0.127. The van der Waals surface area contributed by atoms with Crippen LogP contribution in [0.25, 0.3) is 0 Å². The van der Waals surface area contributed by atoms with E-state index < -0.39 is 0 Å². The highest BCUT2D eigenvalue weighted by Crippen LogP contribution is 2.26.